The van der Waals surface area contributed by atoms with E-state index in [1.165, 1.54) is 58.4 Å². The average Bonchev–Trinajstić information content (AvgIpc) is 2.49. The van der Waals surface area contributed by atoms with Crippen LogP contribution in [0.2, 0.25) is 0 Å². The second kappa shape index (κ2) is 7.46. The lowest BCUT2D eigenvalue weighted by atomic mass is 9.82. The Balaban J connectivity index is 1.49. The van der Waals surface area contributed by atoms with Gasteiger partial charge in [0.15, 0.2) is 0 Å². The summed E-state index contributed by atoms with van der Waals surface area (Å²) in [5.74, 6) is 0.906. The first-order valence-corrected chi connectivity index (χ1v) is 10.6. The molecule has 0 spiro atoms. The van der Waals surface area contributed by atoms with Crippen molar-refractivity contribution in [3.05, 3.63) is 0 Å². The van der Waals surface area contributed by atoms with Gasteiger partial charge in [-0.05, 0) is 92.8 Å². The lowest BCUT2D eigenvalue weighted by Gasteiger charge is -2.49. The summed E-state index contributed by atoms with van der Waals surface area (Å²) in [7, 11) is 0. The van der Waals surface area contributed by atoms with Gasteiger partial charge in [-0.2, -0.15) is 0 Å². The molecule has 4 aliphatic rings. The first-order chi connectivity index (χ1) is 11.6. The molecule has 25 heavy (non-hydrogen) atoms. The molecule has 4 fully saturated rings. The van der Waals surface area contributed by atoms with Gasteiger partial charge >= 0.3 is 0 Å². The molecule has 146 valence electrons. The van der Waals surface area contributed by atoms with Crippen molar-refractivity contribution in [2.75, 3.05) is 32.7 Å². The Morgan fingerprint density at radius 3 is 2.12 bits per heavy atom. The molecular formula is C21H42N4. The number of nitrogens with zero attached hydrogens (tertiary/aromatic N) is 2. The highest BCUT2D eigenvalue weighted by Crippen LogP contribution is 2.29. The Bertz CT molecular complexity index is 434. The van der Waals surface area contributed by atoms with E-state index < -0.39 is 0 Å². The molecule has 0 saturated carbocycles. The van der Waals surface area contributed by atoms with Gasteiger partial charge in [0.05, 0.1) is 0 Å². The van der Waals surface area contributed by atoms with Crippen molar-refractivity contribution in [1.82, 2.24) is 20.4 Å². The molecule has 0 aromatic carbocycles. The standard InChI is InChI=1S/C21H42N4/c1-16-13-18(22-20(2,3)4)9-12-25(16)15-21(5,6)23-19-14-24-10-7-17(19)8-11-24/h16-19,22-23H,7-15H2,1-6H3/t16-,18+,19+/m1/s1. The summed E-state index contributed by atoms with van der Waals surface area (Å²) >= 11 is 0. The summed E-state index contributed by atoms with van der Waals surface area (Å²) < 4.78 is 0. The fourth-order valence-electron chi connectivity index (χ4n) is 5.38. The predicted octanol–water partition coefficient (Wildman–Crippen LogP) is 2.69. The highest BCUT2D eigenvalue weighted by atomic mass is 15.2. The van der Waals surface area contributed by atoms with Gasteiger partial charge in [-0.15, -0.1) is 0 Å². The fourth-order valence-corrected chi connectivity index (χ4v) is 5.38. The molecule has 0 aromatic rings. The zero-order chi connectivity index (χ0) is 18.2. The van der Waals surface area contributed by atoms with Crippen LogP contribution in [0.15, 0.2) is 0 Å². The third kappa shape index (κ3) is 5.41. The van der Waals surface area contributed by atoms with Crippen LogP contribution in [0, 0.1) is 5.92 Å². The molecule has 0 aromatic heterocycles. The van der Waals surface area contributed by atoms with E-state index in [0.29, 0.717) is 18.1 Å². The zero-order valence-electron chi connectivity index (χ0n) is 17.6. The Morgan fingerprint density at radius 2 is 1.60 bits per heavy atom. The van der Waals surface area contributed by atoms with Gasteiger partial charge in [-0.25, -0.2) is 0 Å². The van der Waals surface area contributed by atoms with Crippen molar-refractivity contribution in [2.45, 2.75) is 96.4 Å². The number of hydrogen-bond donors (Lipinski definition) is 2. The molecule has 4 saturated heterocycles. The Labute approximate surface area is 156 Å². The minimum Gasteiger partial charge on any atom is -0.309 e. The van der Waals surface area contributed by atoms with Crippen LogP contribution in [0.3, 0.4) is 0 Å². The van der Waals surface area contributed by atoms with Crippen LogP contribution in [0.5, 0.6) is 0 Å². The molecule has 2 bridgehead atoms. The molecule has 3 atom stereocenters. The van der Waals surface area contributed by atoms with Crippen molar-refractivity contribution >= 4 is 0 Å². The number of nitrogens with one attached hydrogen (secondary N) is 2. The summed E-state index contributed by atoms with van der Waals surface area (Å²) in [6, 6.07) is 2.04. The monoisotopic (exact) mass is 350 g/mol. The number of likely N-dealkylation sites (tertiary alicyclic amines) is 1. The van der Waals surface area contributed by atoms with Crippen LogP contribution < -0.4 is 10.6 Å². The first-order valence-electron chi connectivity index (χ1n) is 10.6. The van der Waals surface area contributed by atoms with Crippen LogP contribution in [0.4, 0.5) is 0 Å². The fraction of sp³-hybridized carbons (Fsp3) is 1.00. The summed E-state index contributed by atoms with van der Waals surface area (Å²) in [6.07, 6.45) is 5.34. The molecule has 2 N–H and O–H groups in total. The van der Waals surface area contributed by atoms with Crippen molar-refractivity contribution in [1.29, 1.82) is 0 Å². The van der Waals surface area contributed by atoms with Crippen LogP contribution in [-0.4, -0.2) is 71.7 Å². The van der Waals surface area contributed by atoms with E-state index in [-0.39, 0.29) is 11.1 Å². The van der Waals surface area contributed by atoms with Crippen LogP contribution >= 0.6 is 0 Å². The van der Waals surface area contributed by atoms with E-state index >= 15 is 0 Å². The van der Waals surface area contributed by atoms with Crippen molar-refractivity contribution in [2.24, 2.45) is 5.92 Å². The topological polar surface area (TPSA) is 30.5 Å². The van der Waals surface area contributed by atoms with E-state index in [4.69, 9.17) is 0 Å². The summed E-state index contributed by atoms with van der Waals surface area (Å²) in [6.45, 7) is 20.4. The number of hydrogen-bond acceptors (Lipinski definition) is 4. The molecule has 4 nitrogen and oxygen atoms in total. The molecule has 0 amide bonds. The maximum atomic E-state index is 4.04. The van der Waals surface area contributed by atoms with E-state index in [9.17, 15) is 0 Å². The smallest absolute Gasteiger partial charge is 0.0255 e. The first kappa shape index (κ1) is 19.6. The molecule has 4 heteroatoms. The van der Waals surface area contributed by atoms with Crippen LogP contribution in [0.25, 0.3) is 0 Å². The second-order valence-electron chi connectivity index (χ2n) is 10.7. The SMILES string of the molecule is C[C@@H]1C[C@@H](NC(C)(C)C)CCN1CC(C)(C)N[C@H]1CN2CCC1CC2. The largest absolute Gasteiger partial charge is 0.309 e. The highest BCUT2D eigenvalue weighted by molar-refractivity contribution is 4.97. The van der Waals surface area contributed by atoms with Crippen molar-refractivity contribution in [3.63, 3.8) is 0 Å². The maximum Gasteiger partial charge on any atom is 0.0255 e. The van der Waals surface area contributed by atoms with Gasteiger partial charge in [-0.3, -0.25) is 4.90 Å². The molecule has 4 aliphatic heterocycles. The summed E-state index contributed by atoms with van der Waals surface area (Å²) in [4.78, 5) is 5.37. The van der Waals surface area contributed by atoms with Gasteiger partial charge in [0, 0.05) is 42.3 Å². The second-order valence-corrected chi connectivity index (χ2v) is 10.7. The summed E-state index contributed by atoms with van der Waals surface area (Å²) in [5.41, 5.74) is 0.421. The number of rotatable bonds is 5. The molecule has 0 radical (unpaired) electrons. The molecule has 0 aliphatic carbocycles. The number of piperidine rings is 4. The third-order valence-electron chi connectivity index (χ3n) is 6.48. The zero-order valence-corrected chi connectivity index (χ0v) is 17.6. The molecule has 0 unspecified atom stereocenters. The minimum atomic E-state index is 0.196. The molecular weight excluding hydrogens is 308 g/mol. The Hall–Kier alpha value is -0.160. The van der Waals surface area contributed by atoms with Crippen molar-refractivity contribution < 1.29 is 0 Å². The van der Waals surface area contributed by atoms with E-state index in [1.807, 2.05) is 0 Å². The molecule has 4 heterocycles. The Morgan fingerprint density at radius 1 is 0.920 bits per heavy atom. The van der Waals surface area contributed by atoms with Gasteiger partial charge in [0.1, 0.15) is 0 Å². The van der Waals surface area contributed by atoms with Gasteiger partial charge in [-0.1, -0.05) is 0 Å². The van der Waals surface area contributed by atoms with E-state index in [2.05, 4.69) is 62.0 Å². The van der Waals surface area contributed by atoms with E-state index in [0.717, 1.165) is 5.92 Å². The maximum absolute atomic E-state index is 4.04. The third-order valence-corrected chi connectivity index (χ3v) is 6.48. The number of fused-ring (bicyclic) bond motifs is 3. The lowest BCUT2D eigenvalue weighted by Crippen LogP contribution is -2.63. The normalized spacial score (nSPS) is 37.4. The predicted molar refractivity (Wildman–Crippen MR) is 107 cm³/mol. The molecule has 4 rings (SSSR count). The average molecular weight is 351 g/mol. The van der Waals surface area contributed by atoms with Gasteiger partial charge < -0.3 is 15.5 Å². The summed E-state index contributed by atoms with van der Waals surface area (Å²) in [5, 5.41) is 7.85. The lowest BCUT2D eigenvalue weighted by molar-refractivity contribution is 0.0424. The Kier molecular flexibility index (Phi) is 5.85. The van der Waals surface area contributed by atoms with Crippen LogP contribution in [-0.2, 0) is 0 Å². The van der Waals surface area contributed by atoms with Gasteiger partial charge in [0.2, 0.25) is 0 Å². The van der Waals surface area contributed by atoms with Crippen molar-refractivity contribution in [3.8, 4) is 0 Å². The minimum absolute atomic E-state index is 0.196. The van der Waals surface area contributed by atoms with Crippen LogP contribution in [0.1, 0.15) is 67.2 Å². The quantitative estimate of drug-likeness (QED) is 0.798. The van der Waals surface area contributed by atoms with E-state index in [1.54, 1.807) is 0 Å². The van der Waals surface area contributed by atoms with Gasteiger partial charge in [0.25, 0.3) is 0 Å². The highest BCUT2D eigenvalue weighted by Gasteiger charge is 2.38.